The molecule has 0 atom stereocenters. The summed E-state index contributed by atoms with van der Waals surface area (Å²) in [5, 5.41) is 10.6. The van der Waals surface area contributed by atoms with Gasteiger partial charge in [0.15, 0.2) is 5.16 Å². The van der Waals surface area contributed by atoms with Gasteiger partial charge in [0.05, 0.1) is 0 Å². The van der Waals surface area contributed by atoms with Crippen molar-refractivity contribution in [2.24, 2.45) is 0 Å². The number of aromatic nitrogens is 3. The lowest BCUT2D eigenvalue weighted by Crippen LogP contribution is -1.93. The minimum Gasteiger partial charge on any atom is -0.281 e. The largest absolute Gasteiger partial charge is 0.281 e. The lowest BCUT2D eigenvalue weighted by Gasteiger charge is -2.04. The van der Waals surface area contributed by atoms with E-state index in [4.69, 9.17) is 0 Å². The van der Waals surface area contributed by atoms with E-state index in [1.165, 1.54) is 16.3 Å². The first-order valence-corrected chi connectivity index (χ1v) is 10.8. The average Bonchev–Trinajstić information content (AvgIpc) is 3.14. The van der Waals surface area contributed by atoms with Crippen LogP contribution in [0.5, 0.6) is 0 Å². The highest BCUT2D eigenvalue weighted by Gasteiger charge is 2.12. The average molecular weight is 456 g/mol. The minimum atomic E-state index is -0.0655. The molecule has 4 nitrogen and oxygen atoms in total. The summed E-state index contributed by atoms with van der Waals surface area (Å²) >= 11 is 5.97. The van der Waals surface area contributed by atoms with Gasteiger partial charge in [0.2, 0.25) is 10.3 Å². The summed E-state index contributed by atoms with van der Waals surface area (Å²) in [5.41, 5.74) is 1.87. The quantitative estimate of drug-likeness (QED) is 0.377. The molecule has 0 amide bonds. The molecular weight excluding hydrogens is 442 g/mol. The first kappa shape index (κ1) is 18.3. The normalized spacial score (nSPS) is 11.0. The van der Waals surface area contributed by atoms with Gasteiger partial charge in [0.1, 0.15) is 0 Å². The molecule has 0 spiro atoms. The van der Waals surface area contributed by atoms with Crippen LogP contribution in [0.1, 0.15) is 15.9 Å². The fourth-order valence-corrected chi connectivity index (χ4v) is 4.41. The smallest absolute Gasteiger partial charge is 0.227 e. The van der Waals surface area contributed by atoms with Crippen molar-refractivity contribution < 1.29 is 4.79 Å². The molecule has 0 aliphatic carbocycles. The fourth-order valence-electron chi connectivity index (χ4n) is 2.64. The van der Waals surface area contributed by atoms with Crippen molar-refractivity contribution in [2.75, 3.05) is 0 Å². The number of benzene rings is 3. The summed E-state index contributed by atoms with van der Waals surface area (Å²) in [4.78, 5) is 16.7. The number of nitrogens with zero attached hydrogens (tertiary/aromatic N) is 2. The lowest BCUT2D eigenvalue weighted by atomic mass is 10.1. The van der Waals surface area contributed by atoms with E-state index in [-0.39, 0.29) is 5.12 Å². The van der Waals surface area contributed by atoms with Crippen LogP contribution in [0, 0.1) is 0 Å². The Labute approximate surface area is 173 Å². The number of hydrogen-bond acceptors (Lipinski definition) is 5. The van der Waals surface area contributed by atoms with E-state index in [0.717, 1.165) is 22.0 Å². The molecule has 0 saturated heterocycles. The standard InChI is InChI=1S/C20H14BrN3OS2/c21-16-10-8-14(9-11-16)18(25)27-20-22-19(23-24-20)26-12-15-6-3-5-13-4-1-2-7-17(13)15/h1-11H,12H2,(H,22,23,24). The fraction of sp³-hybridized carbons (Fsp3) is 0.0500. The zero-order valence-electron chi connectivity index (χ0n) is 14.1. The van der Waals surface area contributed by atoms with Crippen molar-refractivity contribution in [1.29, 1.82) is 0 Å². The maximum atomic E-state index is 12.3. The van der Waals surface area contributed by atoms with E-state index in [2.05, 4.69) is 61.4 Å². The van der Waals surface area contributed by atoms with E-state index in [0.29, 0.717) is 15.9 Å². The Bertz CT molecular complexity index is 1090. The summed E-state index contributed by atoms with van der Waals surface area (Å²) < 4.78 is 0.941. The number of carbonyl (C=O) groups excluding carboxylic acids is 1. The zero-order chi connectivity index (χ0) is 18.6. The van der Waals surface area contributed by atoms with E-state index < -0.39 is 0 Å². The molecule has 0 aliphatic rings. The first-order valence-electron chi connectivity index (χ1n) is 8.18. The number of rotatable bonds is 5. The Morgan fingerprint density at radius 1 is 1.00 bits per heavy atom. The van der Waals surface area contributed by atoms with Crippen LogP contribution in [0.15, 0.2) is 81.5 Å². The van der Waals surface area contributed by atoms with Crippen molar-refractivity contribution in [3.05, 3.63) is 82.3 Å². The van der Waals surface area contributed by atoms with Crippen LogP contribution in [0.4, 0.5) is 0 Å². The highest BCUT2D eigenvalue weighted by Crippen LogP contribution is 2.27. The molecule has 0 unspecified atom stereocenters. The second kappa shape index (κ2) is 8.29. The second-order valence-corrected chi connectivity index (χ2v) is 8.57. The summed E-state index contributed by atoms with van der Waals surface area (Å²) in [7, 11) is 0. The molecule has 0 bridgehead atoms. The Morgan fingerprint density at radius 2 is 1.78 bits per heavy atom. The van der Waals surface area contributed by atoms with Crippen LogP contribution >= 0.6 is 39.5 Å². The summed E-state index contributed by atoms with van der Waals surface area (Å²) in [6.07, 6.45) is 0. The topological polar surface area (TPSA) is 58.6 Å². The third-order valence-electron chi connectivity index (χ3n) is 3.95. The second-order valence-electron chi connectivity index (χ2n) is 5.75. The van der Waals surface area contributed by atoms with Gasteiger partial charge in [-0.1, -0.05) is 70.2 Å². The van der Waals surface area contributed by atoms with Gasteiger partial charge in [-0.15, -0.1) is 5.10 Å². The Balaban J connectivity index is 1.42. The van der Waals surface area contributed by atoms with Crippen molar-refractivity contribution in [3.63, 3.8) is 0 Å². The monoisotopic (exact) mass is 455 g/mol. The molecule has 134 valence electrons. The number of H-pyrrole nitrogens is 1. The molecule has 1 N–H and O–H groups in total. The Kier molecular flexibility index (Phi) is 5.61. The molecule has 1 heterocycles. The number of nitrogens with one attached hydrogen (secondary N) is 1. The van der Waals surface area contributed by atoms with Gasteiger partial charge >= 0.3 is 0 Å². The molecule has 0 fully saturated rings. The van der Waals surface area contributed by atoms with Gasteiger partial charge in [-0.05, 0) is 52.4 Å². The summed E-state index contributed by atoms with van der Waals surface area (Å²) in [5.74, 6) is 0.768. The molecule has 4 rings (SSSR count). The van der Waals surface area contributed by atoms with Gasteiger partial charge in [0.25, 0.3) is 0 Å². The molecule has 3 aromatic carbocycles. The third-order valence-corrected chi connectivity index (χ3v) is 6.17. The van der Waals surface area contributed by atoms with Crippen molar-refractivity contribution in [1.82, 2.24) is 15.2 Å². The van der Waals surface area contributed by atoms with E-state index in [1.54, 1.807) is 23.9 Å². The van der Waals surface area contributed by atoms with Crippen LogP contribution in [0.25, 0.3) is 10.8 Å². The number of halogens is 1. The molecule has 0 aliphatic heterocycles. The summed E-state index contributed by atoms with van der Waals surface area (Å²) in [6.45, 7) is 0. The molecule has 27 heavy (non-hydrogen) atoms. The number of fused-ring (bicyclic) bond motifs is 1. The number of aromatic amines is 1. The molecular formula is C20H14BrN3OS2. The maximum Gasteiger partial charge on any atom is 0.227 e. The number of thioether (sulfide) groups is 2. The Hall–Kier alpha value is -2.09. The van der Waals surface area contributed by atoms with Crippen LogP contribution in [0.2, 0.25) is 0 Å². The predicted octanol–water partition coefficient (Wildman–Crippen LogP) is 5.95. The van der Waals surface area contributed by atoms with Crippen LogP contribution in [-0.2, 0) is 5.75 Å². The molecule has 0 saturated carbocycles. The van der Waals surface area contributed by atoms with E-state index >= 15 is 0 Å². The molecule has 7 heteroatoms. The van der Waals surface area contributed by atoms with Gasteiger partial charge in [-0.2, -0.15) is 4.98 Å². The van der Waals surface area contributed by atoms with Crippen LogP contribution in [0.3, 0.4) is 0 Å². The van der Waals surface area contributed by atoms with E-state index in [9.17, 15) is 4.79 Å². The predicted molar refractivity (Wildman–Crippen MR) is 114 cm³/mol. The van der Waals surface area contributed by atoms with Crippen LogP contribution in [-0.4, -0.2) is 20.3 Å². The number of hydrogen-bond donors (Lipinski definition) is 1. The van der Waals surface area contributed by atoms with Crippen molar-refractivity contribution in [3.8, 4) is 0 Å². The van der Waals surface area contributed by atoms with Gasteiger partial charge in [-0.3, -0.25) is 9.89 Å². The molecule has 0 radical (unpaired) electrons. The number of carbonyl (C=O) groups is 1. The SMILES string of the molecule is O=C(Sc1nc(SCc2cccc3ccccc23)n[nH]1)c1ccc(Br)cc1. The maximum absolute atomic E-state index is 12.3. The Morgan fingerprint density at radius 3 is 2.63 bits per heavy atom. The minimum absolute atomic E-state index is 0.0655. The first-order chi connectivity index (χ1) is 13.2. The van der Waals surface area contributed by atoms with Gasteiger partial charge < -0.3 is 0 Å². The zero-order valence-corrected chi connectivity index (χ0v) is 17.3. The van der Waals surface area contributed by atoms with Gasteiger partial charge in [-0.25, -0.2) is 0 Å². The highest BCUT2D eigenvalue weighted by atomic mass is 79.9. The van der Waals surface area contributed by atoms with Gasteiger partial charge in [0, 0.05) is 15.8 Å². The molecule has 4 aromatic rings. The van der Waals surface area contributed by atoms with Crippen molar-refractivity contribution in [2.45, 2.75) is 16.1 Å². The summed E-state index contributed by atoms with van der Waals surface area (Å²) in [6, 6.07) is 21.9. The van der Waals surface area contributed by atoms with E-state index in [1.807, 2.05) is 24.3 Å². The highest BCUT2D eigenvalue weighted by molar-refractivity contribution is 9.10. The van der Waals surface area contributed by atoms with Crippen molar-refractivity contribution >= 4 is 55.3 Å². The third kappa shape index (κ3) is 4.43. The van der Waals surface area contributed by atoms with Crippen LogP contribution < -0.4 is 0 Å². The molecule has 1 aromatic heterocycles. The lowest BCUT2D eigenvalue weighted by molar-refractivity contribution is 0.108.